The van der Waals surface area contributed by atoms with Gasteiger partial charge in [0.1, 0.15) is 5.92 Å². The minimum Gasteiger partial charge on any atom is -0.409 e. The van der Waals surface area contributed by atoms with Crippen molar-refractivity contribution in [1.29, 1.82) is 0 Å². The van der Waals surface area contributed by atoms with Crippen molar-refractivity contribution in [2.75, 3.05) is 24.3 Å². The minimum absolute atomic E-state index is 0.0667. The molecular weight excluding hydrogens is 256 g/mol. The number of rotatable bonds is 5. The van der Waals surface area contributed by atoms with E-state index in [1.165, 1.54) is 0 Å². The van der Waals surface area contributed by atoms with Crippen LogP contribution in [-0.4, -0.2) is 31.0 Å². The number of amides is 1. The van der Waals surface area contributed by atoms with Crippen molar-refractivity contribution in [2.45, 2.75) is 13.8 Å². The topological polar surface area (TPSA) is 91.0 Å². The van der Waals surface area contributed by atoms with Gasteiger partial charge in [0.05, 0.1) is 0 Å². The Bertz CT molecular complexity index is 498. The highest BCUT2D eigenvalue weighted by molar-refractivity contribution is 6.08. The first-order valence-corrected chi connectivity index (χ1v) is 6.42. The second kappa shape index (κ2) is 6.79. The second-order valence-electron chi connectivity index (χ2n) is 5.18. The van der Waals surface area contributed by atoms with Crippen LogP contribution in [0, 0.1) is 11.8 Å². The van der Waals surface area contributed by atoms with Crippen molar-refractivity contribution in [3.63, 3.8) is 0 Å². The fourth-order valence-electron chi connectivity index (χ4n) is 1.92. The number of nitrogens with zero attached hydrogens (tertiary/aromatic N) is 2. The fourth-order valence-corrected chi connectivity index (χ4v) is 1.92. The third kappa shape index (κ3) is 3.88. The highest BCUT2D eigenvalue weighted by Crippen LogP contribution is 2.19. The van der Waals surface area contributed by atoms with Crippen molar-refractivity contribution in [3.05, 3.63) is 24.3 Å². The van der Waals surface area contributed by atoms with E-state index >= 15 is 0 Å². The lowest BCUT2D eigenvalue weighted by molar-refractivity contribution is -0.119. The number of carbonyl (C=O) groups excluding carboxylic acids is 1. The number of hydrogen-bond donors (Lipinski definition) is 3. The Hall–Kier alpha value is -2.24. The van der Waals surface area contributed by atoms with Crippen LogP contribution in [0.2, 0.25) is 0 Å². The van der Waals surface area contributed by atoms with Gasteiger partial charge in [0, 0.05) is 25.5 Å². The molecule has 0 aliphatic rings. The molecular formula is C14H22N4O2. The zero-order chi connectivity index (χ0) is 15.3. The van der Waals surface area contributed by atoms with Crippen LogP contribution in [0.1, 0.15) is 13.8 Å². The van der Waals surface area contributed by atoms with Crippen LogP contribution >= 0.6 is 0 Å². The first kappa shape index (κ1) is 15.8. The highest BCUT2D eigenvalue weighted by Gasteiger charge is 2.26. The zero-order valence-electron chi connectivity index (χ0n) is 12.3. The van der Waals surface area contributed by atoms with Crippen LogP contribution in [0.4, 0.5) is 11.4 Å². The predicted octanol–water partition coefficient (Wildman–Crippen LogP) is 1.71. The summed E-state index contributed by atoms with van der Waals surface area (Å²) in [6, 6.07) is 7.47. The quantitative estimate of drug-likeness (QED) is 0.331. The number of benzene rings is 1. The summed E-state index contributed by atoms with van der Waals surface area (Å²) in [5.41, 5.74) is 7.24. The normalized spacial score (nSPS) is 13.2. The summed E-state index contributed by atoms with van der Waals surface area (Å²) in [5, 5.41) is 14.5. The maximum absolute atomic E-state index is 12.2. The van der Waals surface area contributed by atoms with E-state index in [2.05, 4.69) is 10.5 Å². The van der Waals surface area contributed by atoms with E-state index in [-0.39, 0.29) is 17.7 Å². The summed E-state index contributed by atoms with van der Waals surface area (Å²) < 4.78 is 0. The molecule has 0 aliphatic heterocycles. The standard InChI is InChI=1S/C14H22N4O2/c1-9(2)12(13(15)17-20)14(19)16-10-6-5-7-11(8-10)18(3)4/h5-9,12,20H,1-4H3,(H2,15,17)(H,16,19). The molecule has 0 saturated carbocycles. The highest BCUT2D eigenvalue weighted by atomic mass is 16.4. The molecule has 6 nitrogen and oxygen atoms in total. The van der Waals surface area contributed by atoms with Gasteiger partial charge >= 0.3 is 0 Å². The molecule has 0 fully saturated rings. The summed E-state index contributed by atoms with van der Waals surface area (Å²) in [6.07, 6.45) is 0. The van der Waals surface area contributed by atoms with Crippen molar-refractivity contribution >= 4 is 23.1 Å². The maximum Gasteiger partial charge on any atom is 0.235 e. The molecule has 4 N–H and O–H groups in total. The predicted molar refractivity (Wildman–Crippen MR) is 81.1 cm³/mol. The largest absolute Gasteiger partial charge is 0.409 e. The lowest BCUT2D eigenvalue weighted by Gasteiger charge is -2.19. The molecule has 110 valence electrons. The fraction of sp³-hybridized carbons (Fsp3) is 0.429. The van der Waals surface area contributed by atoms with E-state index in [9.17, 15) is 4.79 Å². The van der Waals surface area contributed by atoms with Gasteiger partial charge < -0.3 is 21.2 Å². The average Bonchev–Trinajstić information content (AvgIpc) is 2.38. The number of nitrogens with one attached hydrogen (secondary N) is 1. The van der Waals surface area contributed by atoms with E-state index in [4.69, 9.17) is 10.9 Å². The molecule has 1 aromatic carbocycles. The van der Waals surface area contributed by atoms with Crippen LogP contribution < -0.4 is 16.0 Å². The molecule has 20 heavy (non-hydrogen) atoms. The lowest BCUT2D eigenvalue weighted by atomic mass is 9.94. The van der Waals surface area contributed by atoms with Gasteiger partial charge in [0.25, 0.3) is 0 Å². The number of nitrogens with two attached hydrogens (primary N) is 1. The second-order valence-corrected chi connectivity index (χ2v) is 5.18. The number of amidine groups is 1. The van der Waals surface area contributed by atoms with E-state index in [0.29, 0.717) is 5.69 Å². The Morgan fingerprint density at radius 2 is 2.05 bits per heavy atom. The number of oxime groups is 1. The summed E-state index contributed by atoms with van der Waals surface area (Å²) in [5.74, 6) is -1.10. The van der Waals surface area contributed by atoms with Gasteiger partial charge in [-0.15, -0.1) is 0 Å². The van der Waals surface area contributed by atoms with Crippen LogP contribution in [0.3, 0.4) is 0 Å². The van der Waals surface area contributed by atoms with Gasteiger partial charge in [-0.1, -0.05) is 25.1 Å². The molecule has 1 aromatic rings. The third-order valence-electron chi connectivity index (χ3n) is 3.01. The van der Waals surface area contributed by atoms with Gasteiger partial charge in [-0.25, -0.2) is 0 Å². The molecule has 0 saturated heterocycles. The average molecular weight is 278 g/mol. The summed E-state index contributed by atoms with van der Waals surface area (Å²) in [6.45, 7) is 3.69. The molecule has 6 heteroatoms. The van der Waals surface area contributed by atoms with E-state index in [0.717, 1.165) is 5.69 Å². The SMILES string of the molecule is CC(C)C(C(=O)Nc1cccc(N(C)C)c1)/C(N)=N/O. The summed E-state index contributed by atoms with van der Waals surface area (Å²) in [4.78, 5) is 14.2. The molecule has 0 aliphatic carbocycles. The smallest absolute Gasteiger partial charge is 0.235 e. The molecule has 0 radical (unpaired) electrons. The van der Waals surface area contributed by atoms with E-state index < -0.39 is 5.92 Å². The first-order valence-electron chi connectivity index (χ1n) is 6.42. The number of carbonyl (C=O) groups is 1. The van der Waals surface area contributed by atoms with Crippen LogP contribution in [-0.2, 0) is 4.79 Å². The van der Waals surface area contributed by atoms with Gasteiger partial charge in [-0.2, -0.15) is 0 Å². The monoisotopic (exact) mass is 278 g/mol. The molecule has 0 heterocycles. The van der Waals surface area contributed by atoms with Gasteiger partial charge in [-0.3, -0.25) is 4.79 Å². The van der Waals surface area contributed by atoms with Crippen molar-refractivity contribution in [2.24, 2.45) is 22.7 Å². The van der Waals surface area contributed by atoms with Crippen molar-refractivity contribution in [3.8, 4) is 0 Å². The Kier molecular flexibility index (Phi) is 5.37. The molecule has 1 amide bonds. The van der Waals surface area contributed by atoms with E-state index in [1.807, 2.05) is 51.0 Å². The van der Waals surface area contributed by atoms with Gasteiger partial charge in [0.15, 0.2) is 5.84 Å². The number of hydrogen-bond acceptors (Lipinski definition) is 4. The Morgan fingerprint density at radius 3 is 2.55 bits per heavy atom. The molecule has 1 rings (SSSR count). The van der Waals surface area contributed by atoms with Crippen molar-refractivity contribution in [1.82, 2.24) is 0 Å². The van der Waals surface area contributed by atoms with Crippen LogP contribution in [0.5, 0.6) is 0 Å². The van der Waals surface area contributed by atoms with Gasteiger partial charge in [-0.05, 0) is 24.1 Å². The summed E-state index contributed by atoms with van der Waals surface area (Å²) >= 11 is 0. The molecule has 1 unspecified atom stereocenters. The van der Waals surface area contributed by atoms with Gasteiger partial charge in [0.2, 0.25) is 5.91 Å². The molecule has 0 aromatic heterocycles. The number of anilines is 2. The van der Waals surface area contributed by atoms with Crippen molar-refractivity contribution < 1.29 is 10.0 Å². The Morgan fingerprint density at radius 1 is 1.40 bits per heavy atom. The maximum atomic E-state index is 12.2. The Labute approximate surface area is 119 Å². The zero-order valence-corrected chi connectivity index (χ0v) is 12.3. The molecule has 0 bridgehead atoms. The third-order valence-corrected chi connectivity index (χ3v) is 3.01. The minimum atomic E-state index is -0.664. The van der Waals surface area contributed by atoms with Crippen LogP contribution in [0.15, 0.2) is 29.4 Å². The summed E-state index contributed by atoms with van der Waals surface area (Å²) in [7, 11) is 3.85. The Balaban J connectivity index is 2.91. The van der Waals surface area contributed by atoms with E-state index in [1.54, 1.807) is 6.07 Å². The molecule has 0 spiro atoms. The first-order chi connectivity index (χ1) is 9.36. The van der Waals surface area contributed by atoms with Crippen LogP contribution in [0.25, 0.3) is 0 Å². The molecule has 1 atom stereocenters. The lowest BCUT2D eigenvalue weighted by Crippen LogP contribution is -2.38.